The van der Waals surface area contributed by atoms with Crippen LogP contribution in [0.4, 0.5) is 4.79 Å². The monoisotopic (exact) mass is 285 g/mol. The zero-order valence-corrected chi connectivity index (χ0v) is 13.2. The number of rotatable bonds is 7. The van der Waals surface area contributed by atoms with Crippen molar-refractivity contribution in [3.8, 4) is 0 Å². The smallest absolute Gasteiger partial charge is 0.314 e. The van der Waals surface area contributed by atoms with Crippen LogP contribution in [-0.2, 0) is 0 Å². The Morgan fingerprint density at radius 3 is 2.55 bits per heavy atom. The lowest BCUT2D eigenvalue weighted by Crippen LogP contribution is -2.44. The molecule has 1 aliphatic heterocycles. The van der Waals surface area contributed by atoms with E-state index in [9.17, 15) is 9.90 Å². The molecule has 118 valence electrons. The normalized spacial score (nSPS) is 19.1. The first-order valence-electron chi connectivity index (χ1n) is 7.89. The van der Waals surface area contributed by atoms with E-state index in [4.69, 9.17) is 0 Å². The van der Waals surface area contributed by atoms with Crippen molar-refractivity contribution in [3.63, 3.8) is 0 Å². The van der Waals surface area contributed by atoms with E-state index in [1.807, 2.05) is 0 Å². The Kier molecular flexibility index (Phi) is 7.92. The topological polar surface area (TPSA) is 64.6 Å². The number of likely N-dealkylation sites (tertiary alicyclic amines) is 1. The first-order valence-corrected chi connectivity index (χ1v) is 7.89. The summed E-state index contributed by atoms with van der Waals surface area (Å²) >= 11 is 0. The van der Waals surface area contributed by atoms with Crippen molar-refractivity contribution < 1.29 is 9.90 Å². The molecule has 3 N–H and O–H groups in total. The van der Waals surface area contributed by atoms with Crippen LogP contribution < -0.4 is 10.6 Å². The molecule has 0 radical (unpaired) electrons. The third-order valence-electron chi connectivity index (χ3n) is 3.83. The highest BCUT2D eigenvalue weighted by atomic mass is 16.3. The van der Waals surface area contributed by atoms with Gasteiger partial charge in [0.25, 0.3) is 0 Å². The van der Waals surface area contributed by atoms with Crippen LogP contribution in [0.5, 0.6) is 0 Å². The molecule has 0 aromatic rings. The number of hydrogen-bond donors (Lipinski definition) is 3. The molecule has 1 unspecified atom stereocenters. The Hall–Kier alpha value is -0.810. The molecule has 1 heterocycles. The Bertz CT molecular complexity index is 276. The molecule has 1 fully saturated rings. The van der Waals surface area contributed by atoms with E-state index >= 15 is 0 Å². The fourth-order valence-electron chi connectivity index (χ4n) is 2.51. The lowest BCUT2D eigenvalue weighted by Gasteiger charge is -2.30. The van der Waals surface area contributed by atoms with Crippen LogP contribution in [-0.4, -0.2) is 54.9 Å². The number of urea groups is 1. The molecule has 1 rings (SSSR count). The molecule has 1 saturated heterocycles. The standard InChI is InChI=1S/C15H31N3O2/c1-12(2)10-14(19)11-17-15(20)16-6-9-18-7-4-13(3)5-8-18/h12-14,19H,4-11H2,1-3H3,(H2,16,17,20). The average Bonchev–Trinajstić information content (AvgIpc) is 2.38. The first-order chi connectivity index (χ1) is 9.47. The highest BCUT2D eigenvalue weighted by molar-refractivity contribution is 5.73. The van der Waals surface area contributed by atoms with E-state index in [0.717, 1.165) is 25.6 Å². The molecule has 1 atom stereocenters. The van der Waals surface area contributed by atoms with Crippen molar-refractivity contribution in [1.82, 2.24) is 15.5 Å². The quantitative estimate of drug-likeness (QED) is 0.663. The van der Waals surface area contributed by atoms with E-state index < -0.39 is 6.10 Å². The molecule has 5 nitrogen and oxygen atoms in total. The molecule has 0 bridgehead atoms. The van der Waals surface area contributed by atoms with Crippen LogP contribution in [0.2, 0.25) is 0 Å². The highest BCUT2D eigenvalue weighted by Gasteiger charge is 2.15. The van der Waals surface area contributed by atoms with Gasteiger partial charge in [0.1, 0.15) is 0 Å². The molecule has 0 aromatic heterocycles. The lowest BCUT2D eigenvalue weighted by atomic mass is 9.99. The number of piperidine rings is 1. The minimum atomic E-state index is -0.454. The summed E-state index contributed by atoms with van der Waals surface area (Å²) in [5, 5.41) is 15.2. The summed E-state index contributed by atoms with van der Waals surface area (Å²) in [6.07, 6.45) is 2.78. The summed E-state index contributed by atoms with van der Waals surface area (Å²) < 4.78 is 0. The van der Waals surface area contributed by atoms with Crippen LogP contribution in [0.25, 0.3) is 0 Å². The number of carbonyl (C=O) groups is 1. The van der Waals surface area contributed by atoms with E-state index in [0.29, 0.717) is 25.4 Å². The van der Waals surface area contributed by atoms with Gasteiger partial charge >= 0.3 is 6.03 Å². The minimum absolute atomic E-state index is 0.182. The fourth-order valence-corrected chi connectivity index (χ4v) is 2.51. The number of amides is 2. The molecular weight excluding hydrogens is 254 g/mol. The van der Waals surface area contributed by atoms with Gasteiger partial charge in [0.05, 0.1) is 6.10 Å². The lowest BCUT2D eigenvalue weighted by molar-refractivity contribution is 0.146. The zero-order chi connectivity index (χ0) is 15.0. The van der Waals surface area contributed by atoms with Crippen molar-refractivity contribution in [2.75, 3.05) is 32.7 Å². The van der Waals surface area contributed by atoms with Crippen LogP contribution >= 0.6 is 0 Å². The molecule has 0 saturated carbocycles. The number of aliphatic hydroxyl groups is 1. The Balaban J connectivity index is 2.02. The molecule has 20 heavy (non-hydrogen) atoms. The second kappa shape index (κ2) is 9.19. The van der Waals surface area contributed by atoms with Crippen LogP contribution in [0.1, 0.15) is 40.0 Å². The summed E-state index contributed by atoms with van der Waals surface area (Å²) in [6, 6.07) is -0.182. The molecular formula is C15H31N3O2. The van der Waals surface area contributed by atoms with Gasteiger partial charge in [-0.1, -0.05) is 20.8 Å². The minimum Gasteiger partial charge on any atom is -0.391 e. The zero-order valence-electron chi connectivity index (χ0n) is 13.2. The first kappa shape index (κ1) is 17.2. The second-order valence-electron chi connectivity index (χ2n) is 6.44. The van der Waals surface area contributed by atoms with E-state index in [1.165, 1.54) is 12.8 Å². The maximum atomic E-state index is 11.6. The highest BCUT2D eigenvalue weighted by Crippen LogP contribution is 2.14. The fraction of sp³-hybridized carbons (Fsp3) is 0.933. The van der Waals surface area contributed by atoms with E-state index in [1.54, 1.807) is 0 Å². The van der Waals surface area contributed by atoms with Crippen LogP contribution in [0.15, 0.2) is 0 Å². The van der Waals surface area contributed by atoms with Crippen molar-refractivity contribution in [2.24, 2.45) is 11.8 Å². The van der Waals surface area contributed by atoms with E-state index in [2.05, 4.69) is 36.3 Å². The van der Waals surface area contributed by atoms with E-state index in [-0.39, 0.29) is 6.03 Å². The molecule has 5 heteroatoms. The maximum Gasteiger partial charge on any atom is 0.314 e. The maximum absolute atomic E-state index is 11.6. The molecule has 2 amide bonds. The number of aliphatic hydroxyl groups excluding tert-OH is 1. The number of nitrogens with one attached hydrogen (secondary N) is 2. The number of nitrogens with zero attached hydrogens (tertiary/aromatic N) is 1. The van der Waals surface area contributed by atoms with Crippen molar-refractivity contribution in [2.45, 2.75) is 46.1 Å². The summed E-state index contributed by atoms with van der Waals surface area (Å²) in [7, 11) is 0. The van der Waals surface area contributed by atoms with Crippen molar-refractivity contribution in [1.29, 1.82) is 0 Å². The SMILES string of the molecule is CC(C)CC(O)CNC(=O)NCCN1CCC(C)CC1. The van der Waals surface area contributed by atoms with Gasteiger partial charge in [0.15, 0.2) is 0 Å². The predicted octanol–water partition coefficient (Wildman–Crippen LogP) is 1.42. The van der Waals surface area contributed by atoms with Gasteiger partial charge in [0.2, 0.25) is 0 Å². The van der Waals surface area contributed by atoms with Gasteiger partial charge in [-0.05, 0) is 44.2 Å². The van der Waals surface area contributed by atoms with Crippen LogP contribution in [0, 0.1) is 11.8 Å². The van der Waals surface area contributed by atoms with Gasteiger partial charge in [-0.2, -0.15) is 0 Å². The largest absolute Gasteiger partial charge is 0.391 e. The molecule has 0 aromatic carbocycles. The summed E-state index contributed by atoms with van der Waals surface area (Å²) in [5.74, 6) is 1.28. The predicted molar refractivity (Wildman–Crippen MR) is 81.7 cm³/mol. The summed E-state index contributed by atoms with van der Waals surface area (Å²) in [4.78, 5) is 14.0. The third-order valence-corrected chi connectivity index (χ3v) is 3.83. The third kappa shape index (κ3) is 7.70. The van der Waals surface area contributed by atoms with Gasteiger partial charge in [-0.15, -0.1) is 0 Å². The van der Waals surface area contributed by atoms with Gasteiger partial charge in [-0.25, -0.2) is 4.79 Å². The Morgan fingerprint density at radius 1 is 1.30 bits per heavy atom. The van der Waals surface area contributed by atoms with Crippen molar-refractivity contribution >= 4 is 6.03 Å². The van der Waals surface area contributed by atoms with Crippen LogP contribution in [0.3, 0.4) is 0 Å². The second-order valence-corrected chi connectivity index (χ2v) is 6.44. The number of hydrogen-bond acceptors (Lipinski definition) is 3. The number of carbonyl (C=O) groups excluding carboxylic acids is 1. The average molecular weight is 285 g/mol. The van der Waals surface area contributed by atoms with Gasteiger partial charge in [0, 0.05) is 19.6 Å². The van der Waals surface area contributed by atoms with Crippen molar-refractivity contribution in [3.05, 3.63) is 0 Å². The van der Waals surface area contributed by atoms with Gasteiger partial charge in [-0.3, -0.25) is 0 Å². The molecule has 1 aliphatic rings. The Labute approximate surface area is 123 Å². The Morgan fingerprint density at radius 2 is 1.95 bits per heavy atom. The van der Waals surface area contributed by atoms with Gasteiger partial charge < -0.3 is 20.6 Å². The molecule has 0 aliphatic carbocycles. The summed E-state index contributed by atoms with van der Waals surface area (Å²) in [6.45, 7) is 10.6. The molecule has 0 spiro atoms. The summed E-state index contributed by atoms with van der Waals surface area (Å²) in [5.41, 5.74) is 0.